The van der Waals surface area contributed by atoms with Crippen molar-refractivity contribution < 1.29 is 8.42 Å². The Morgan fingerprint density at radius 2 is 1.60 bits per heavy atom. The van der Waals surface area contributed by atoms with Crippen LogP contribution in [0.5, 0.6) is 0 Å². The monoisotopic (exact) mass is 127 g/mol. The van der Waals surface area contributed by atoms with Crippen molar-refractivity contribution in [2.45, 2.75) is 0 Å². The van der Waals surface area contributed by atoms with E-state index < -0.39 is 7.42 Å². The predicted octanol–water partition coefficient (Wildman–Crippen LogP) is -0.629. The molecule has 0 unspecified atom stereocenters. The van der Waals surface area contributed by atoms with Gasteiger partial charge in [-0.3, -0.25) is 0 Å². The molecular formula is HAlClO2S. The van der Waals surface area contributed by atoms with Crippen molar-refractivity contribution in [1.82, 2.24) is 0 Å². The van der Waals surface area contributed by atoms with Crippen LogP contribution in [0.25, 0.3) is 0 Å². The van der Waals surface area contributed by atoms with Gasteiger partial charge in [-0.2, -0.15) is 0 Å². The van der Waals surface area contributed by atoms with Crippen LogP contribution in [0.3, 0.4) is 0 Å². The quantitative estimate of drug-likeness (QED) is 0.321. The van der Waals surface area contributed by atoms with Crippen molar-refractivity contribution in [2.75, 3.05) is 0 Å². The Balaban J connectivity index is 4.06. The molecule has 29 valence electrons. The van der Waals surface area contributed by atoms with Crippen LogP contribution < -0.4 is 0 Å². The highest BCUT2D eigenvalue weighted by Crippen LogP contribution is 1.81. The molecule has 0 spiro atoms. The maximum atomic E-state index is 9.41. The molecule has 2 nitrogen and oxygen atoms in total. The van der Waals surface area contributed by atoms with E-state index in [-0.39, 0.29) is 0 Å². The second kappa shape index (κ2) is 1.48. The maximum absolute atomic E-state index is 9.41. The van der Waals surface area contributed by atoms with Crippen LogP contribution >= 0.6 is 10.7 Å². The summed E-state index contributed by atoms with van der Waals surface area (Å²) in [6.07, 6.45) is 0. The van der Waals surface area contributed by atoms with Gasteiger partial charge in [0, 0.05) is 0 Å². The molecule has 0 heterocycles. The van der Waals surface area contributed by atoms with Gasteiger partial charge in [-0.05, 0) is 10.7 Å². The molecular weight excluding hydrogens is 126 g/mol. The zero-order valence-electron chi connectivity index (χ0n) is 2.31. The standard InChI is InChI=1S/Al.ClO2S.H/c;1-4(2)3;. The number of hydrogen-bond acceptors (Lipinski definition) is 2. The van der Waals surface area contributed by atoms with Gasteiger partial charge in [0.25, 0.3) is 0 Å². The van der Waals surface area contributed by atoms with Crippen molar-refractivity contribution >= 4 is 33.3 Å². The van der Waals surface area contributed by atoms with Crippen molar-refractivity contribution in [3.63, 3.8) is 0 Å². The molecule has 0 bridgehead atoms. The second-order valence-corrected chi connectivity index (χ2v) is 6.41. The minimum atomic E-state index is -3.17. The van der Waals surface area contributed by atoms with Crippen molar-refractivity contribution in [3.05, 3.63) is 0 Å². The van der Waals surface area contributed by atoms with E-state index in [2.05, 4.69) is 10.7 Å². The molecule has 0 atom stereocenters. The molecule has 0 aliphatic carbocycles. The lowest BCUT2D eigenvalue weighted by Gasteiger charge is -1.67. The Morgan fingerprint density at radius 3 is 1.60 bits per heavy atom. The second-order valence-electron chi connectivity index (χ2n) is 0.539. The van der Waals surface area contributed by atoms with Gasteiger partial charge in [0.05, 0.1) is 0 Å². The van der Waals surface area contributed by atoms with Crippen LogP contribution in [0.4, 0.5) is 0 Å². The van der Waals surface area contributed by atoms with Crippen LogP contribution in [0.2, 0.25) is 0 Å². The fourth-order valence-corrected chi connectivity index (χ4v) is 0. The van der Waals surface area contributed by atoms with E-state index in [1.54, 1.807) is 0 Å². The average Bonchev–Trinajstić information content (AvgIpc) is 0.722. The summed E-state index contributed by atoms with van der Waals surface area (Å²) in [5.41, 5.74) is 0. The third-order valence-corrected chi connectivity index (χ3v) is 0. The molecule has 0 rings (SSSR count). The lowest BCUT2D eigenvalue weighted by Crippen LogP contribution is -1.79. The molecule has 0 aromatic rings. The van der Waals surface area contributed by atoms with Gasteiger partial charge in [0.1, 0.15) is 7.42 Å². The lowest BCUT2D eigenvalue weighted by atomic mass is 15.9. The van der Waals surface area contributed by atoms with Crippen LogP contribution in [-0.4, -0.2) is 23.6 Å². The first-order chi connectivity index (χ1) is 2.00. The van der Waals surface area contributed by atoms with Crippen molar-refractivity contribution in [1.29, 1.82) is 0 Å². The van der Waals surface area contributed by atoms with Gasteiger partial charge in [-0.1, -0.05) is 0 Å². The summed E-state index contributed by atoms with van der Waals surface area (Å²) in [5.74, 6) is 0. The Hall–Kier alpha value is 0.772. The van der Waals surface area contributed by atoms with Crippen LogP contribution in [0.15, 0.2) is 0 Å². The smallest absolute Gasteiger partial charge is 0.239 e. The van der Waals surface area contributed by atoms with E-state index in [0.29, 0.717) is 0 Å². The summed E-state index contributed by atoms with van der Waals surface area (Å²) in [6.45, 7) is 0. The first-order valence-corrected chi connectivity index (χ1v) is 4.99. The van der Waals surface area contributed by atoms with E-state index in [1.807, 2.05) is 0 Å². The van der Waals surface area contributed by atoms with Gasteiger partial charge in [-0.25, -0.2) is 8.42 Å². The summed E-state index contributed by atoms with van der Waals surface area (Å²) < 4.78 is 18.8. The Bertz CT molecular complexity index is 92.8. The third-order valence-electron chi connectivity index (χ3n) is 0. The fraction of sp³-hybridized carbons (Fsp3) is 0. The predicted molar refractivity (Wildman–Crippen MR) is 21.9 cm³/mol. The number of halogens is 1. The molecule has 0 aromatic heterocycles. The SMILES string of the molecule is O=[S](=O)([AlH])Cl. The van der Waals surface area contributed by atoms with Gasteiger partial charge in [-0.15, -0.1) is 0 Å². The zero-order valence-corrected chi connectivity index (χ0v) is 5.30. The fourth-order valence-electron chi connectivity index (χ4n) is 0. The zero-order chi connectivity index (χ0) is 4.50. The average molecular weight is 128 g/mol. The lowest BCUT2D eigenvalue weighted by molar-refractivity contribution is 0.621. The topological polar surface area (TPSA) is 34.1 Å². The van der Waals surface area contributed by atoms with Gasteiger partial charge in [0.2, 0.25) is 0 Å². The van der Waals surface area contributed by atoms with E-state index in [1.165, 1.54) is 0 Å². The molecule has 0 saturated heterocycles. The number of rotatable bonds is 0. The Morgan fingerprint density at radius 1 is 1.60 bits per heavy atom. The van der Waals surface area contributed by atoms with Gasteiger partial charge in [0.15, 0.2) is 0 Å². The Labute approximate surface area is 42.0 Å². The summed E-state index contributed by atoms with van der Waals surface area (Å²) in [5, 5.41) is 0. The normalized spacial score (nSPS) is 11.4. The molecule has 0 aliphatic rings. The molecule has 0 aliphatic heterocycles. The first-order valence-electron chi connectivity index (χ1n) is 0.776. The molecule has 1 radical (unpaired) electrons. The van der Waals surface area contributed by atoms with E-state index in [9.17, 15) is 8.42 Å². The maximum Gasteiger partial charge on any atom is 0.412 e. The Kier molecular flexibility index (Phi) is 1.71. The van der Waals surface area contributed by atoms with Gasteiger partial charge < -0.3 is 0 Å². The van der Waals surface area contributed by atoms with Crippen molar-refractivity contribution in [2.24, 2.45) is 0 Å². The van der Waals surface area contributed by atoms with Crippen molar-refractivity contribution in [3.8, 4) is 0 Å². The summed E-state index contributed by atoms with van der Waals surface area (Å²) in [7, 11) is 1.35. The van der Waals surface area contributed by atoms with E-state index in [0.717, 1.165) is 15.2 Å². The van der Waals surface area contributed by atoms with E-state index >= 15 is 0 Å². The van der Waals surface area contributed by atoms with Crippen LogP contribution in [-0.2, 0) is 7.42 Å². The summed E-state index contributed by atoms with van der Waals surface area (Å²) in [6, 6.07) is 0. The molecule has 0 amide bonds. The molecule has 0 fully saturated rings. The molecule has 5 heteroatoms. The minimum absolute atomic E-state index is 0.749. The minimum Gasteiger partial charge on any atom is -0.239 e. The van der Waals surface area contributed by atoms with Crippen LogP contribution in [0.1, 0.15) is 0 Å². The van der Waals surface area contributed by atoms with Gasteiger partial charge >= 0.3 is 15.2 Å². The molecule has 0 aromatic carbocycles. The molecule has 0 saturated carbocycles. The highest BCUT2D eigenvalue weighted by atomic mass is 35.7. The molecule has 5 heavy (non-hydrogen) atoms. The summed E-state index contributed by atoms with van der Waals surface area (Å²) >= 11 is 0.749. The summed E-state index contributed by atoms with van der Waals surface area (Å²) in [4.78, 5) is 0. The highest BCUT2D eigenvalue weighted by molar-refractivity contribution is 8.30. The van der Waals surface area contributed by atoms with Crippen LogP contribution in [0, 0.1) is 0 Å². The number of hydrogen-bond donors (Lipinski definition) is 0. The van der Waals surface area contributed by atoms with E-state index in [4.69, 9.17) is 0 Å². The highest BCUT2D eigenvalue weighted by Gasteiger charge is 1.84. The largest absolute Gasteiger partial charge is 0.412 e. The first kappa shape index (κ1) is 5.77. The third kappa shape index (κ3) is 61.5. The molecule has 0 N–H and O–H groups in total.